The van der Waals surface area contributed by atoms with Crippen LogP contribution in [0.3, 0.4) is 0 Å². The van der Waals surface area contributed by atoms with Gasteiger partial charge in [0.1, 0.15) is 11.5 Å². The summed E-state index contributed by atoms with van der Waals surface area (Å²) >= 11 is 0. The van der Waals surface area contributed by atoms with Crippen molar-refractivity contribution in [2.24, 2.45) is 0 Å². The van der Waals surface area contributed by atoms with E-state index in [9.17, 15) is 0 Å². The summed E-state index contributed by atoms with van der Waals surface area (Å²) in [6.07, 6.45) is 5.07. The summed E-state index contributed by atoms with van der Waals surface area (Å²) in [5.74, 6) is 2.71. The molecule has 0 spiro atoms. The van der Waals surface area contributed by atoms with Crippen molar-refractivity contribution in [2.75, 3.05) is 11.5 Å². The highest BCUT2D eigenvalue weighted by Crippen LogP contribution is 2.08. The number of nitrogen functional groups attached to an aromatic ring is 2. The fraction of sp³-hybridized carbons (Fsp3) is 0. The highest BCUT2D eigenvalue weighted by Gasteiger charge is 1.95. The molecule has 0 bridgehead atoms. The van der Waals surface area contributed by atoms with Crippen molar-refractivity contribution < 1.29 is 0 Å². The number of anilines is 2. The first-order valence-corrected chi connectivity index (χ1v) is 2.72. The van der Waals surface area contributed by atoms with E-state index in [0.717, 1.165) is 0 Å². The van der Waals surface area contributed by atoms with E-state index in [1.165, 1.54) is 0 Å². The van der Waals surface area contributed by atoms with Gasteiger partial charge in [0.25, 0.3) is 0 Å². The average molecular weight is 133 g/mol. The summed E-state index contributed by atoms with van der Waals surface area (Å²) in [5, 5.41) is 0. The molecule has 1 heterocycles. The number of rotatable bonds is 0. The highest BCUT2D eigenvalue weighted by atomic mass is 14.9. The molecular weight excluding hydrogens is 126 g/mol. The van der Waals surface area contributed by atoms with Crippen LogP contribution in [0.2, 0.25) is 0 Å². The molecule has 0 unspecified atom stereocenters. The van der Waals surface area contributed by atoms with Gasteiger partial charge >= 0.3 is 0 Å². The molecule has 0 aliphatic carbocycles. The van der Waals surface area contributed by atoms with Crippen molar-refractivity contribution in [3.63, 3.8) is 0 Å². The van der Waals surface area contributed by atoms with Gasteiger partial charge in [0.05, 0.1) is 5.69 Å². The molecular formula is C7H7N3. The third-order valence-electron chi connectivity index (χ3n) is 1.08. The molecule has 0 aliphatic rings. The Balaban J connectivity index is 3.25. The van der Waals surface area contributed by atoms with Crippen molar-refractivity contribution in [3.05, 3.63) is 17.8 Å². The van der Waals surface area contributed by atoms with Gasteiger partial charge in [-0.25, -0.2) is 4.98 Å². The van der Waals surface area contributed by atoms with Gasteiger partial charge in [0.15, 0.2) is 0 Å². The zero-order valence-electron chi connectivity index (χ0n) is 5.33. The lowest BCUT2D eigenvalue weighted by molar-refractivity contribution is 1.30. The van der Waals surface area contributed by atoms with Crippen molar-refractivity contribution in [2.45, 2.75) is 0 Å². The predicted octanol–water partition coefficient (Wildman–Crippen LogP) is 0.227. The van der Waals surface area contributed by atoms with E-state index in [0.29, 0.717) is 17.2 Å². The van der Waals surface area contributed by atoms with Crippen LogP contribution in [-0.4, -0.2) is 4.98 Å². The van der Waals surface area contributed by atoms with Crippen LogP contribution in [0.25, 0.3) is 0 Å². The second kappa shape index (κ2) is 2.28. The fourth-order valence-corrected chi connectivity index (χ4v) is 0.601. The summed E-state index contributed by atoms with van der Waals surface area (Å²) in [7, 11) is 0. The zero-order valence-corrected chi connectivity index (χ0v) is 5.33. The number of pyridine rings is 1. The van der Waals surface area contributed by atoms with Crippen molar-refractivity contribution >= 4 is 11.5 Å². The Labute approximate surface area is 59.1 Å². The first-order chi connectivity index (χ1) is 4.74. The molecule has 10 heavy (non-hydrogen) atoms. The summed E-state index contributed by atoms with van der Waals surface area (Å²) < 4.78 is 0. The lowest BCUT2D eigenvalue weighted by atomic mass is 10.3. The molecule has 1 aromatic heterocycles. The molecule has 1 aromatic rings. The largest absolute Gasteiger partial charge is 0.396 e. The van der Waals surface area contributed by atoms with Gasteiger partial charge in [-0.15, -0.1) is 6.42 Å². The molecule has 3 heteroatoms. The first kappa shape index (κ1) is 6.43. The van der Waals surface area contributed by atoms with Crippen molar-refractivity contribution in [1.29, 1.82) is 0 Å². The SMILES string of the molecule is C#Cc1nc(N)ccc1N. The van der Waals surface area contributed by atoms with E-state index in [1.807, 2.05) is 0 Å². The maximum atomic E-state index is 5.44. The second-order valence-corrected chi connectivity index (χ2v) is 1.82. The number of hydrogen-bond acceptors (Lipinski definition) is 3. The third-order valence-corrected chi connectivity index (χ3v) is 1.08. The second-order valence-electron chi connectivity index (χ2n) is 1.82. The standard InChI is InChI=1S/C7H7N3/c1-2-6-5(8)3-4-7(9)10-6/h1,3-4H,8H2,(H2,9,10). The molecule has 50 valence electrons. The average Bonchev–Trinajstić information content (AvgIpc) is 1.94. The molecule has 0 amide bonds. The molecule has 0 saturated carbocycles. The minimum atomic E-state index is 0.391. The van der Waals surface area contributed by atoms with E-state index in [-0.39, 0.29) is 0 Å². The first-order valence-electron chi connectivity index (χ1n) is 2.72. The van der Waals surface area contributed by atoms with Crippen LogP contribution in [0.4, 0.5) is 11.5 Å². The van der Waals surface area contributed by atoms with Crippen LogP contribution in [-0.2, 0) is 0 Å². The Kier molecular flexibility index (Phi) is 1.46. The number of nitrogens with two attached hydrogens (primary N) is 2. The van der Waals surface area contributed by atoms with Gasteiger partial charge in [-0.1, -0.05) is 0 Å². The third kappa shape index (κ3) is 1.00. The van der Waals surface area contributed by atoms with Crippen molar-refractivity contribution in [1.82, 2.24) is 4.98 Å². The lowest BCUT2D eigenvalue weighted by Crippen LogP contribution is -1.97. The van der Waals surface area contributed by atoms with Crippen LogP contribution < -0.4 is 11.5 Å². The summed E-state index contributed by atoms with van der Waals surface area (Å²) in [4.78, 5) is 3.81. The lowest BCUT2D eigenvalue weighted by Gasteiger charge is -1.96. The summed E-state index contributed by atoms with van der Waals surface area (Å²) in [6.45, 7) is 0. The Morgan fingerprint density at radius 2 is 2.10 bits per heavy atom. The number of nitrogens with zero attached hydrogens (tertiary/aromatic N) is 1. The minimum absolute atomic E-state index is 0.391. The Morgan fingerprint density at radius 3 is 2.60 bits per heavy atom. The van der Waals surface area contributed by atoms with E-state index in [2.05, 4.69) is 10.9 Å². The molecule has 0 radical (unpaired) electrons. The Bertz CT molecular complexity index is 285. The predicted molar refractivity (Wildman–Crippen MR) is 41.0 cm³/mol. The highest BCUT2D eigenvalue weighted by molar-refractivity contribution is 5.54. The van der Waals surface area contributed by atoms with Crippen LogP contribution >= 0.6 is 0 Å². The van der Waals surface area contributed by atoms with Crippen LogP contribution in [0.15, 0.2) is 12.1 Å². The topological polar surface area (TPSA) is 64.9 Å². The molecule has 4 N–H and O–H groups in total. The quantitative estimate of drug-likeness (QED) is 0.498. The minimum Gasteiger partial charge on any atom is -0.396 e. The van der Waals surface area contributed by atoms with Crippen molar-refractivity contribution in [3.8, 4) is 12.3 Å². The smallest absolute Gasteiger partial charge is 0.138 e. The number of hydrogen-bond donors (Lipinski definition) is 2. The Morgan fingerprint density at radius 1 is 1.40 bits per heavy atom. The van der Waals surface area contributed by atoms with Crippen LogP contribution in [0.1, 0.15) is 5.69 Å². The molecule has 1 rings (SSSR count). The van der Waals surface area contributed by atoms with E-state index in [1.54, 1.807) is 12.1 Å². The Hall–Kier alpha value is -1.69. The number of aromatic nitrogens is 1. The zero-order chi connectivity index (χ0) is 7.56. The normalized spacial score (nSPS) is 8.70. The van der Waals surface area contributed by atoms with Gasteiger partial charge in [-0.2, -0.15) is 0 Å². The van der Waals surface area contributed by atoms with E-state index in [4.69, 9.17) is 17.9 Å². The fourth-order valence-electron chi connectivity index (χ4n) is 0.601. The summed E-state index contributed by atoms with van der Waals surface area (Å²) in [5.41, 5.74) is 11.7. The van der Waals surface area contributed by atoms with Gasteiger partial charge in [-0.05, 0) is 18.1 Å². The van der Waals surface area contributed by atoms with Gasteiger partial charge in [0.2, 0.25) is 0 Å². The van der Waals surface area contributed by atoms with Gasteiger partial charge in [0, 0.05) is 0 Å². The van der Waals surface area contributed by atoms with E-state index >= 15 is 0 Å². The van der Waals surface area contributed by atoms with Gasteiger partial charge < -0.3 is 11.5 Å². The molecule has 0 atom stereocenters. The summed E-state index contributed by atoms with van der Waals surface area (Å²) in [6, 6.07) is 3.24. The van der Waals surface area contributed by atoms with Gasteiger partial charge in [-0.3, -0.25) is 0 Å². The van der Waals surface area contributed by atoms with E-state index < -0.39 is 0 Å². The number of terminal acetylenes is 1. The molecule has 0 aromatic carbocycles. The van der Waals surface area contributed by atoms with Crippen LogP contribution in [0, 0.1) is 12.3 Å². The molecule has 0 fully saturated rings. The monoisotopic (exact) mass is 133 g/mol. The maximum Gasteiger partial charge on any atom is 0.138 e. The maximum absolute atomic E-state index is 5.44. The molecule has 0 aliphatic heterocycles. The molecule has 0 saturated heterocycles. The van der Waals surface area contributed by atoms with Crippen LogP contribution in [0.5, 0.6) is 0 Å². The molecule has 3 nitrogen and oxygen atoms in total.